The Morgan fingerprint density at radius 1 is 1.36 bits per heavy atom. The summed E-state index contributed by atoms with van der Waals surface area (Å²) >= 11 is 5.75. The van der Waals surface area contributed by atoms with Crippen molar-refractivity contribution >= 4 is 38.9 Å². The van der Waals surface area contributed by atoms with Crippen LogP contribution in [0.2, 0.25) is 5.02 Å². The Kier molecular flexibility index (Phi) is 6.05. The van der Waals surface area contributed by atoms with Crippen molar-refractivity contribution in [2.24, 2.45) is 0 Å². The monoisotopic (exact) mass is 390 g/mol. The van der Waals surface area contributed by atoms with Crippen LogP contribution in [0.1, 0.15) is 20.3 Å². The first-order valence-electron chi connectivity index (χ1n) is 7.87. The summed E-state index contributed by atoms with van der Waals surface area (Å²) in [6.07, 6.45) is 0.393. The smallest absolute Gasteiger partial charge is 0.242 e. The number of amides is 2. The zero-order chi connectivity index (χ0) is 18.8. The van der Waals surface area contributed by atoms with Crippen LogP contribution in [-0.4, -0.2) is 55.8 Å². The van der Waals surface area contributed by atoms with Gasteiger partial charge in [-0.25, -0.2) is 12.8 Å². The second-order valence-corrected chi connectivity index (χ2v) is 8.58. The van der Waals surface area contributed by atoms with Gasteiger partial charge in [-0.2, -0.15) is 0 Å². The van der Waals surface area contributed by atoms with Gasteiger partial charge < -0.3 is 9.80 Å². The summed E-state index contributed by atoms with van der Waals surface area (Å²) in [6, 6.07) is 3.39. The van der Waals surface area contributed by atoms with E-state index in [4.69, 9.17) is 11.6 Å². The number of anilines is 1. The molecule has 1 heterocycles. The van der Waals surface area contributed by atoms with Gasteiger partial charge in [0, 0.05) is 25.2 Å². The molecule has 25 heavy (non-hydrogen) atoms. The highest BCUT2D eigenvalue weighted by Gasteiger charge is 2.34. The molecule has 2 rings (SSSR count). The highest BCUT2D eigenvalue weighted by Crippen LogP contribution is 2.24. The second-order valence-electron chi connectivity index (χ2n) is 5.94. The quantitative estimate of drug-likeness (QED) is 0.769. The topological polar surface area (TPSA) is 74.8 Å². The Morgan fingerprint density at radius 3 is 2.52 bits per heavy atom. The van der Waals surface area contributed by atoms with Crippen LogP contribution >= 0.6 is 11.6 Å². The van der Waals surface area contributed by atoms with Gasteiger partial charge in [-0.15, -0.1) is 0 Å². The fraction of sp³-hybridized carbons (Fsp3) is 0.500. The molecular weight excluding hydrogens is 371 g/mol. The van der Waals surface area contributed by atoms with Gasteiger partial charge in [-0.05, 0) is 31.5 Å². The molecule has 0 saturated carbocycles. The van der Waals surface area contributed by atoms with E-state index in [1.54, 1.807) is 6.92 Å². The highest BCUT2D eigenvalue weighted by molar-refractivity contribution is 7.91. The third-order valence-corrected chi connectivity index (χ3v) is 6.24. The zero-order valence-electron chi connectivity index (χ0n) is 14.0. The van der Waals surface area contributed by atoms with Crippen molar-refractivity contribution in [2.75, 3.05) is 29.5 Å². The summed E-state index contributed by atoms with van der Waals surface area (Å²) in [7, 11) is -3.12. The molecule has 0 aliphatic carbocycles. The number of hydrogen-bond donors (Lipinski definition) is 0. The number of carbonyl (C=O) groups is 2. The van der Waals surface area contributed by atoms with Gasteiger partial charge in [-0.3, -0.25) is 9.59 Å². The lowest BCUT2D eigenvalue weighted by Crippen LogP contribution is -2.47. The van der Waals surface area contributed by atoms with Crippen LogP contribution in [-0.2, 0) is 19.4 Å². The Labute approximate surface area is 151 Å². The van der Waals surface area contributed by atoms with E-state index in [1.165, 1.54) is 28.9 Å². The van der Waals surface area contributed by atoms with E-state index in [1.807, 2.05) is 0 Å². The van der Waals surface area contributed by atoms with Gasteiger partial charge >= 0.3 is 0 Å². The number of likely N-dealkylation sites (N-methyl/N-ethyl adjacent to an activating group) is 1. The summed E-state index contributed by atoms with van der Waals surface area (Å²) in [5, 5.41) is -0.148. The first kappa shape index (κ1) is 19.7. The fourth-order valence-electron chi connectivity index (χ4n) is 2.92. The average molecular weight is 391 g/mol. The number of halogens is 2. The molecule has 1 unspecified atom stereocenters. The number of rotatable bonds is 5. The van der Waals surface area contributed by atoms with Gasteiger partial charge in [0.05, 0.1) is 16.5 Å². The average Bonchev–Trinajstić information content (AvgIpc) is 2.88. The van der Waals surface area contributed by atoms with Crippen molar-refractivity contribution in [3.05, 3.63) is 29.0 Å². The number of sulfone groups is 1. The Bertz CT molecular complexity index is 784. The van der Waals surface area contributed by atoms with Crippen LogP contribution in [0.5, 0.6) is 0 Å². The fourth-order valence-corrected chi connectivity index (χ4v) is 4.83. The van der Waals surface area contributed by atoms with E-state index in [-0.39, 0.29) is 35.0 Å². The van der Waals surface area contributed by atoms with Gasteiger partial charge in [-0.1, -0.05) is 11.6 Å². The third kappa shape index (κ3) is 4.70. The molecule has 1 fully saturated rings. The SMILES string of the molecule is CCN(C(=O)CN(C(C)=O)c1ccc(F)c(Cl)c1)C1CCS(=O)(=O)C1. The molecule has 0 N–H and O–H groups in total. The standard InChI is InChI=1S/C16H20ClFN2O4S/c1-3-19(13-6-7-25(23,24)10-13)16(22)9-20(11(2)21)12-4-5-15(18)14(17)8-12/h4-5,8,13H,3,6-7,9-10H2,1-2H3. The van der Waals surface area contributed by atoms with Crippen molar-refractivity contribution in [2.45, 2.75) is 26.3 Å². The lowest BCUT2D eigenvalue weighted by Gasteiger charge is -2.30. The molecule has 6 nitrogen and oxygen atoms in total. The molecule has 9 heteroatoms. The van der Waals surface area contributed by atoms with Crippen molar-refractivity contribution in [1.29, 1.82) is 0 Å². The Hall–Kier alpha value is -1.67. The zero-order valence-corrected chi connectivity index (χ0v) is 15.6. The van der Waals surface area contributed by atoms with Crippen molar-refractivity contribution in [1.82, 2.24) is 4.90 Å². The second kappa shape index (κ2) is 7.70. The minimum Gasteiger partial charge on any atom is -0.337 e. The van der Waals surface area contributed by atoms with Crippen LogP contribution in [0.25, 0.3) is 0 Å². The molecule has 0 bridgehead atoms. The van der Waals surface area contributed by atoms with Gasteiger partial charge in [0.15, 0.2) is 9.84 Å². The number of hydrogen-bond acceptors (Lipinski definition) is 4. The summed E-state index contributed by atoms with van der Waals surface area (Å²) in [5.74, 6) is -1.38. The molecule has 1 aliphatic heterocycles. The summed E-state index contributed by atoms with van der Waals surface area (Å²) in [5.41, 5.74) is 0.308. The Balaban J connectivity index is 2.19. The predicted molar refractivity (Wildman–Crippen MR) is 93.9 cm³/mol. The lowest BCUT2D eigenvalue weighted by molar-refractivity contribution is -0.132. The molecule has 1 saturated heterocycles. The largest absolute Gasteiger partial charge is 0.337 e. The minimum absolute atomic E-state index is 0.0605. The van der Waals surface area contributed by atoms with Crippen molar-refractivity contribution < 1.29 is 22.4 Å². The molecular formula is C16H20ClFN2O4S. The summed E-state index contributed by atoms with van der Waals surface area (Å²) in [6.45, 7) is 3.13. The van der Waals surface area contributed by atoms with Crippen LogP contribution in [0.3, 0.4) is 0 Å². The van der Waals surface area contributed by atoms with E-state index >= 15 is 0 Å². The van der Waals surface area contributed by atoms with E-state index in [0.29, 0.717) is 18.7 Å². The summed E-state index contributed by atoms with van der Waals surface area (Å²) in [4.78, 5) is 27.2. The number of carbonyl (C=O) groups excluding carboxylic acids is 2. The van der Waals surface area contributed by atoms with E-state index in [0.717, 1.165) is 6.07 Å². The molecule has 1 aromatic rings. The molecule has 1 atom stereocenters. The van der Waals surface area contributed by atoms with Gasteiger partial charge in [0.25, 0.3) is 0 Å². The molecule has 2 amide bonds. The van der Waals surface area contributed by atoms with Gasteiger partial charge in [0.2, 0.25) is 11.8 Å². The molecule has 138 valence electrons. The van der Waals surface area contributed by atoms with Gasteiger partial charge in [0.1, 0.15) is 12.4 Å². The maximum Gasteiger partial charge on any atom is 0.242 e. The first-order chi connectivity index (χ1) is 11.6. The third-order valence-electron chi connectivity index (χ3n) is 4.20. The first-order valence-corrected chi connectivity index (χ1v) is 10.1. The maximum atomic E-state index is 13.3. The van der Waals surface area contributed by atoms with Crippen LogP contribution in [0.15, 0.2) is 18.2 Å². The lowest BCUT2D eigenvalue weighted by atomic mass is 10.2. The minimum atomic E-state index is -3.12. The number of benzene rings is 1. The van der Waals surface area contributed by atoms with E-state index in [2.05, 4.69) is 0 Å². The highest BCUT2D eigenvalue weighted by atomic mass is 35.5. The van der Waals surface area contributed by atoms with Crippen LogP contribution < -0.4 is 4.90 Å². The molecule has 1 aliphatic rings. The molecule has 1 aromatic carbocycles. The Morgan fingerprint density at radius 2 is 2.04 bits per heavy atom. The van der Waals surface area contributed by atoms with E-state index < -0.39 is 21.6 Å². The number of nitrogens with zero attached hydrogens (tertiary/aromatic N) is 2. The van der Waals surface area contributed by atoms with Crippen LogP contribution in [0, 0.1) is 5.82 Å². The van der Waals surface area contributed by atoms with E-state index in [9.17, 15) is 22.4 Å². The van der Waals surface area contributed by atoms with Crippen molar-refractivity contribution in [3.8, 4) is 0 Å². The van der Waals surface area contributed by atoms with Crippen LogP contribution in [0.4, 0.5) is 10.1 Å². The van der Waals surface area contributed by atoms with Crippen molar-refractivity contribution in [3.63, 3.8) is 0 Å². The predicted octanol–water partition coefficient (Wildman–Crippen LogP) is 1.87. The molecule has 0 aromatic heterocycles. The normalized spacial score (nSPS) is 18.8. The molecule has 0 radical (unpaired) electrons. The molecule has 0 spiro atoms. The summed E-state index contributed by atoms with van der Waals surface area (Å²) < 4.78 is 36.6. The maximum absolute atomic E-state index is 13.3.